The first-order valence-corrected chi connectivity index (χ1v) is 7.34. The molecule has 0 aromatic carbocycles. The number of nitrogens with zero attached hydrogens (tertiary/aromatic N) is 3. The van der Waals surface area contributed by atoms with Crippen LogP contribution in [-0.4, -0.2) is 45.8 Å². The van der Waals surface area contributed by atoms with Gasteiger partial charge in [0.25, 0.3) is 0 Å². The smallest absolute Gasteiger partial charge is 0.410 e. The minimum atomic E-state index is -0.495. The number of hydrogen-bond donors (Lipinski definition) is 0. The van der Waals surface area contributed by atoms with E-state index >= 15 is 0 Å². The van der Waals surface area contributed by atoms with Crippen LogP contribution in [0.15, 0.2) is 12.3 Å². The molecule has 1 aromatic heterocycles. The number of carbonyl (C=O) groups excluding carboxylic acids is 1. The summed E-state index contributed by atoms with van der Waals surface area (Å²) < 4.78 is 11.0. The van der Waals surface area contributed by atoms with Crippen LogP contribution >= 0.6 is 11.6 Å². The second-order valence-electron chi connectivity index (χ2n) is 5.94. The summed E-state index contributed by atoms with van der Waals surface area (Å²) in [5.41, 5.74) is -0.495. The average Bonchev–Trinajstić information content (AvgIpc) is 2.83. The van der Waals surface area contributed by atoms with Crippen molar-refractivity contribution in [1.82, 2.24) is 14.9 Å². The monoisotopic (exact) mass is 313 g/mol. The average molecular weight is 314 g/mol. The van der Waals surface area contributed by atoms with Crippen molar-refractivity contribution in [3.63, 3.8) is 0 Å². The molecule has 1 aliphatic rings. The van der Waals surface area contributed by atoms with Gasteiger partial charge in [0, 0.05) is 18.8 Å². The van der Waals surface area contributed by atoms with Crippen LogP contribution in [0.5, 0.6) is 5.88 Å². The summed E-state index contributed by atoms with van der Waals surface area (Å²) in [6.45, 7) is 6.63. The molecule has 7 heteroatoms. The third kappa shape index (κ3) is 4.74. The largest absolute Gasteiger partial charge is 0.475 e. The number of aromatic nitrogens is 2. The SMILES string of the molecule is CC(C)(C)OC(=O)N1CCC[C@H]1COc1ccnc(Cl)n1. The van der Waals surface area contributed by atoms with E-state index in [-0.39, 0.29) is 17.4 Å². The van der Waals surface area contributed by atoms with Crippen molar-refractivity contribution in [3.8, 4) is 5.88 Å². The van der Waals surface area contributed by atoms with Gasteiger partial charge in [-0.1, -0.05) is 0 Å². The predicted molar refractivity (Wildman–Crippen MR) is 78.5 cm³/mol. The Bertz CT molecular complexity index is 504. The molecule has 1 amide bonds. The summed E-state index contributed by atoms with van der Waals surface area (Å²) in [4.78, 5) is 21.6. The third-order valence-electron chi connectivity index (χ3n) is 3.03. The quantitative estimate of drug-likeness (QED) is 0.803. The molecule has 1 fully saturated rings. The second-order valence-corrected chi connectivity index (χ2v) is 6.28. The van der Waals surface area contributed by atoms with Crippen LogP contribution in [0.4, 0.5) is 4.79 Å². The molecule has 1 aromatic rings. The number of hydrogen-bond acceptors (Lipinski definition) is 5. The van der Waals surface area contributed by atoms with Crippen LogP contribution in [0, 0.1) is 0 Å². The first kappa shape index (κ1) is 15.8. The number of likely N-dealkylation sites (tertiary alicyclic amines) is 1. The van der Waals surface area contributed by atoms with Crippen LogP contribution in [0.25, 0.3) is 0 Å². The molecule has 6 nitrogen and oxygen atoms in total. The van der Waals surface area contributed by atoms with Gasteiger partial charge in [-0.05, 0) is 45.2 Å². The number of carbonyl (C=O) groups is 1. The zero-order valence-corrected chi connectivity index (χ0v) is 13.3. The number of rotatable bonds is 3. The van der Waals surface area contributed by atoms with Crippen LogP contribution in [0.1, 0.15) is 33.6 Å². The lowest BCUT2D eigenvalue weighted by atomic mass is 10.2. The maximum atomic E-state index is 12.1. The van der Waals surface area contributed by atoms with E-state index in [9.17, 15) is 4.79 Å². The Hall–Kier alpha value is -1.56. The van der Waals surface area contributed by atoms with E-state index in [2.05, 4.69) is 9.97 Å². The standard InChI is InChI=1S/C14H20ClN3O3/c1-14(2,3)21-13(19)18-8-4-5-10(18)9-20-11-6-7-16-12(15)17-11/h6-7,10H,4-5,8-9H2,1-3H3/t10-/m0/s1. The van der Waals surface area contributed by atoms with Crippen LogP contribution in [-0.2, 0) is 4.74 Å². The fourth-order valence-corrected chi connectivity index (χ4v) is 2.29. The van der Waals surface area contributed by atoms with E-state index in [0.717, 1.165) is 12.8 Å². The van der Waals surface area contributed by atoms with E-state index in [1.54, 1.807) is 11.0 Å². The Balaban J connectivity index is 1.91. The molecule has 1 atom stereocenters. The molecule has 1 saturated heterocycles. The van der Waals surface area contributed by atoms with Gasteiger partial charge in [0.15, 0.2) is 0 Å². The second kappa shape index (κ2) is 6.47. The van der Waals surface area contributed by atoms with Gasteiger partial charge < -0.3 is 14.4 Å². The summed E-state index contributed by atoms with van der Waals surface area (Å²) in [7, 11) is 0. The van der Waals surface area contributed by atoms with E-state index in [1.165, 1.54) is 6.20 Å². The Kier molecular flexibility index (Phi) is 4.88. The fraction of sp³-hybridized carbons (Fsp3) is 0.643. The summed E-state index contributed by atoms with van der Waals surface area (Å²) in [5, 5.41) is 0.142. The molecule has 0 N–H and O–H groups in total. The van der Waals surface area contributed by atoms with Crippen molar-refractivity contribution in [2.24, 2.45) is 0 Å². The van der Waals surface area contributed by atoms with Gasteiger partial charge >= 0.3 is 6.09 Å². The van der Waals surface area contributed by atoms with Crippen LogP contribution in [0.2, 0.25) is 5.28 Å². The molecule has 0 saturated carbocycles. The van der Waals surface area contributed by atoms with Crippen molar-refractivity contribution in [3.05, 3.63) is 17.5 Å². The molecule has 2 rings (SSSR count). The van der Waals surface area contributed by atoms with Crippen LogP contribution in [0.3, 0.4) is 0 Å². The molecule has 0 unspecified atom stereocenters. The van der Waals surface area contributed by atoms with E-state index in [0.29, 0.717) is 19.0 Å². The normalized spacial score (nSPS) is 18.7. The first-order chi connectivity index (χ1) is 9.85. The molecule has 0 spiro atoms. The minimum Gasteiger partial charge on any atom is -0.475 e. The molecular formula is C14H20ClN3O3. The summed E-state index contributed by atoms with van der Waals surface area (Å²) >= 11 is 5.71. The molecule has 0 aliphatic carbocycles. The lowest BCUT2D eigenvalue weighted by Gasteiger charge is -2.28. The van der Waals surface area contributed by atoms with Gasteiger partial charge in [0.2, 0.25) is 11.2 Å². The molecule has 0 radical (unpaired) electrons. The van der Waals surface area contributed by atoms with Crippen molar-refractivity contribution < 1.29 is 14.3 Å². The van der Waals surface area contributed by atoms with Crippen molar-refractivity contribution in [1.29, 1.82) is 0 Å². The Labute approximate surface area is 129 Å². The maximum absolute atomic E-state index is 12.1. The predicted octanol–water partition coefficient (Wildman–Crippen LogP) is 2.91. The summed E-state index contributed by atoms with van der Waals surface area (Å²) in [6.07, 6.45) is 3.06. The number of ether oxygens (including phenoxy) is 2. The van der Waals surface area contributed by atoms with E-state index in [4.69, 9.17) is 21.1 Å². The Morgan fingerprint density at radius 1 is 1.52 bits per heavy atom. The molecule has 2 heterocycles. The van der Waals surface area contributed by atoms with Gasteiger partial charge in [0.05, 0.1) is 6.04 Å². The highest BCUT2D eigenvalue weighted by Crippen LogP contribution is 2.21. The highest BCUT2D eigenvalue weighted by molar-refractivity contribution is 6.28. The summed E-state index contributed by atoms with van der Waals surface area (Å²) in [5.74, 6) is 0.408. The highest BCUT2D eigenvalue weighted by atomic mass is 35.5. The first-order valence-electron chi connectivity index (χ1n) is 6.96. The van der Waals surface area contributed by atoms with Crippen molar-refractivity contribution >= 4 is 17.7 Å². The van der Waals surface area contributed by atoms with Crippen LogP contribution < -0.4 is 4.74 Å². The zero-order chi connectivity index (χ0) is 15.5. The number of halogens is 1. The van der Waals surface area contributed by atoms with Gasteiger partial charge in [0.1, 0.15) is 12.2 Å². The molecule has 21 heavy (non-hydrogen) atoms. The lowest BCUT2D eigenvalue weighted by molar-refractivity contribution is 0.0185. The zero-order valence-electron chi connectivity index (χ0n) is 12.5. The van der Waals surface area contributed by atoms with E-state index in [1.807, 2.05) is 20.8 Å². The maximum Gasteiger partial charge on any atom is 0.410 e. The third-order valence-corrected chi connectivity index (χ3v) is 3.21. The molecule has 1 aliphatic heterocycles. The summed E-state index contributed by atoms with van der Waals surface area (Å²) in [6, 6.07) is 1.63. The minimum absolute atomic E-state index is 0.00593. The highest BCUT2D eigenvalue weighted by Gasteiger charge is 2.32. The fourth-order valence-electron chi connectivity index (χ4n) is 2.15. The van der Waals surface area contributed by atoms with Gasteiger partial charge in [-0.25, -0.2) is 9.78 Å². The van der Waals surface area contributed by atoms with Gasteiger partial charge in [-0.15, -0.1) is 0 Å². The Morgan fingerprint density at radius 3 is 2.95 bits per heavy atom. The van der Waals surface area contributed by atoms with Crippen molar-refractivity contribution in [2.45, 2.75) is 45.3 Å². The van der Waals surface area contributed by atoms with Gasteiger partial charge in [-0.2, -0.15) is 4.98 Å². The molecule has 0 bridgehead atoms. The van der Waals surface area contributed by atoms with Gasteiger partial charge in [-0.3, -0.25) is 0 Å². The lowest BCUT2D eigenvalue weighted by Crippen LogP contribution is -2.42. The molecular weight excluding hydrogens is 294 g/mol. The topological polar surface area (TPSA) is 64.5 Å². The molecule has 116 valence electrons. The Morgan fingerprint density at radius 2 is 2.29 bits per heavy atom. The number of amides is 1. The van der Waals surface area contributed by atoms with Crippen molar-refractivity contribution in [2.75, 3.05) is 13.2 Å². The van der Waals surface area contributed by atoms with E-state index < -0.39 is 5.60 Å².